The lowest BCUT2D eigenvalue weighted by Crippen LogP contribution is -2.52. The smallest absolute Gasteiger partial charge is 0.410 e. The molecule has 3 rings (SSSR count). The van der Waals surface area contributed by atoms with Gasteiger partial charge in [-0.3, -0.25) is 0 Å². The molecule has 0 atom stereocenters. The number of nitrogens with two attached hydrogens (primary N) is 1. The minimum absolute atomic E-state index is 0.115. The molecule has 1 fully saturated rings. The summed E-state index contributed by atoms with van der Waals surface area (Å²) < 4.78 is 7.16. The summed E-state index contributed by atoms with van der Waals surface area (Å²) in [4.78, 5) is 13.6. The zero-order valence-corrected chi connectivity index (χ0v) is 12.4. The van der Waals surface area contributed by atoms with E-state index in [9.17, 15) is 4.79 Å². The van der Waals surface area contributed by atoms with Crippen LogP contribution in [0, 0.1) is 0 Å². The van der Waals surface area contributed by atoms with Crippen LogP contribution in [-0.2, 0) is 4.74 Å². The van der Waals surface area contributed by atoms with E-state index in [2.05, 4.69) is 10.3 Å². The fourth-order valence-electron chi connectivity index (χ4n) is 2.31. The number of carbonyl (C=O) groups excluding carboxylic acids is 1. The Hall–Kier alpha value is -2.31. The Morgan fingerprint density at radius 3 is 2.76 bits per heavy atom. The predicted octanol–water partition coefficient (Wildman–Crippen LogP) is 1.81. The second-order valence-electron chi connectivity index (χ2n) is 6.32. The van der Waals surface area contributed by atoms with Gasteiger partial charge in [0.05, 0.1) is 11.6 Å². The first-order valence-electron chi connectivity index (χ1n) is 6.92. The van der Waals surface area contributed by atoms with Crippen molar-refractivity contribution in [2.75, 3.05) is 18.8 Å². The van der Waals surface area contributed by atoms with Crippen LogP contribution in [0.5, 0.6) is 0 Å². The Bertz CT molecular complexity index is 682. The van der Waals surface area contributed by atoms with Gasteiger partial charge in [-0.15, -0.1) is 5.10 Å². The Morgan fingerprint density at radius 1 is 1.38 bits per heavy atom. The third-order valence-electron chi connectivity index (χ3n) is 3.35. The topological polar surface area (TPSA) is 86.3 Å². The molecule has 112 valence electrons. The summed E-state index contributed by atoms with van der Waals surface area (Å²) in [5.74, 6) is 0. The van der Waals surface area contributed by atoms with E-state index in [1.807, 2.05) is 37.6 Å². The van der Waals surface area contributed by atoms with E-state index in [1.165, 1.54) is 0 Å². The van der Waals surface area contributed by atoms with Gasteiger partial charge < -0.3 is 15.4 Å². The molecule has 7 heteroatoms. The molecule has 0 saturated carbocycles. The lowest BCUT2D eigenvalue weighted by molar-refractivity contribution is -0.0000719. The van der Waals surface area contributed by atoms with Gasteiger partial charge in [0, 0.05) is 18.8 Å². The van der Waals surface area contributed by atoms with Crippen LogP contribution in [0.15, 0.2) is 18.2 Å². The first-order valence-corrected chi connectivity index (χ1v) is 6.92. The molecule has 7 nitrogen and oxygen atoms in total. The number of anilines is 1. The second kappa shape index (κ2) is 4.61. The number of aromatic nitrogens is 3. The SMILES string of the molecule is CC(C)(C)OC(=O)N1CC(n2nnc3ccc(N)cc32)C1. The molecule has 1 aliphatic heterocycles. The zero-order valence-electron chi connectivity index (χ0n) is 12.4. The van der Waals surface area contributed by atoms with Crippen molar-refractivity contribution in [2.45, 2.75) is 32.4 Å². The van der Waals surface area contributed by atoms with Gasteiger partial charge in [-0.25, -0.2) is 9.48 Å². The number of benzene rings is 1. The standard InChI is InChI=1S/C14H19N5O2/c1-14(2,3)21-13(20)18-7-10(8-18)19-12-6-9(15)4-5-11(12)16-17-19/h4-6,10H,7-8,15H2,1-3H3. The molecule has 1 aromatic heterocycles. The first kappa shape index (κ1) is 13.7. The van der Waals surface area contributed by atoms with E-state index in [-0.39, 0.29) is 12.1 Å². The fraction of sp³-hybridized carbons (Fsp3) is 0.500. The molecule has 2 aromatic rings. The Kier molecular flexibility index (Phi) is 3.00. The zero-order chi connectivity index (χ0) is 15.2. The first-order chi connectivity index (χ1) is 9.83. The van der Waals surface area contributed by atoms with E-state index < -0.39 is 5.60 Å². The molecule has 1 amide bonds. The van der Waals surface area contributed by atoms with Crippen molar-refractivity contribution in [1.29, 1.82) is 0 Å². The van der Waals surface area contributed by atoms with Crippen LogP contribution >= 0.6 is 0 Å². The Balaban J connectivity index is 1.70. The molecule has 1 aliphatic rings. The number of carbonyl (C=O) groups is 1. The van der Waals surface area contributed by atoms with Crippen molar-refractivity contribution in [3.63, 3.8) is 0 Å². The number of ether oxygens (including phenoxy) is 1. The number of fused-ring (bicyclic) bond motifs is 1. The molecular weight excluding hydrogens is 270 g/mol. The second-order valence-corrected chi connectivity index (χ2v) is 6.32. The number of likely N-dealkylation sites (tertiary alicyclic amines) is 1. The fourth-order valence-corrected chi connectivity index (χ4v) is 2.31. The minimum Gasteiger partial charge on any atom is -0.444 e. The average molecular weight is 289 g/mol. The molecule has 2 heterocycles. The largest absolute Gasteiger partial charge is 0.444 e. The number of rotatable bonds is 1. The lowest BCUT2D eigenvalue weighted by Gasteiger charge is -2.39. The van der Waals surface area contributed by atoms with Crippen LogP contribution in [0.1, 0.15) is 26.8 Å². The summed E-state index contributed by atoms with van der Waals surface area (Å²) in [6.07, 6.45) is -0.289. The van der Waals surface area contributed by atoms with Gasteiger partial charge in [0.25, 0.3) is 0 Å². The molecule has 0 bridgehead atoms. The number of amides is 1. The van der Waals surface area contributed by atoms with Crippen molar-refractivity contribution >= 4 is 22.8 Å². The Morgan fingerprint density at radius 2 is 2.10 bits per heavy atom. The van der Waals surface area contributed by atoms with Gasteiger partial charge >= 0.3 is 6.09 Å². The number of nitrogens with zero attached hydrogens (tertiary/aromatic N) is 4. The highest BCUT2D eigenvalue weighted by Crippen LogP contribution is 2.26. The van der Waals surface area contributed by atoms with Crippen molar-refractivity contribution in [3.05, 3.63) is 18.2 Å². The summed E-state index contributed by atoms with van der Waals surface area (Å²) >= 11 is 0. The van der Waals surface area contributed by atoms with E-state index in [0.717, 1.165) is 11.0 Å². The molecule has 21 heavy (non-hydrogen) atoms. The molecule has 1 saturated heterocycles. The summed E-state index contributed by atoms with van der Waals surface area (Å²) in [7, 11) is 0. The quantitative estimate of drug-likeness (QED) is 0.809. The van der Waals surface area contributed by atoms with Gasteiger partial charge in [0.15, 0.2) is 0 Å². The van der Waals surface area contributed by atoms with Gasteiger partial charge in [-0.2, -0.15) is 0 Å². The van der Waals surface area contributed by atoms with Gasteiger partial charge in [0.1, 0.15) is 11.1 Å². The van der Waals surface area contributed by atoms with Crippen molar-refractivity contribution in [3.8, 4) is 0 Å². The summed E-state index contributed by atoms with van der Waals surface area (Å²) in [5.41, 5.74) is 7.70. The molecule has 0 radical (unpaired) electrons. The average Bonchev–Trinajstić information content (AvgIpc) is 2.68. The van der Waals surface area contributed by atoms with Crippen molar-refractivity contribution in [2.24, 2.45) is 0 Å². The maximum absolute atomic E-state index is 11.9. The third kappa shape index (κ3) is 2.63. The number of hydrogen-bond donors (Lipinski definition) is 1. The van der Waals surface area contributed by atoms with Gasteiger partial charge in [0.2, 0.25) is 0 Å². The summed E-state index contributed by atoms with van der Waals surface area (Å²) in [6, 6.07) is 5.61. The molecule has 1 aromatic carbocycles. The monoisotopic (exact) mass is 289 g/mol. The maximum atomic E-state index is 11.9. The number of hydrogen-bond acceptors (Lipinski definition) is 5. The highest BCUT2D eigenvalue weighted by Gasteiger charge is 2.36. The van der Waals surface area contributed by atoms with Crippen LogP contribution in [-0.4, -0.2) is 44.7 Å². The van der Waals surface area contributed by atoms with E-state index >= 15 is 0 Å². The van der Waals surface area contributed by atoms with Crippen molar-refractivity contribution < 1.29 is 9.53 Å². The molecule has 2 N–H and O–H groups in total. The van der Waals surface area contributed by atoms with Gasteiger partial charge in [-0.05, 0) is 39.0 Å². The van der Waals surface area contributed by atoms with E-state index in [0.29, 0.717) is 18.8 Å². The van der Waals surface area contributed by atoms with Gasteiger partial charge in [-0.1, -0.05) is 5.21 Å². The third-order valence-corrected chi connectivity index (χ3v) is 3.35. The number of nitrogen functional groups attached to an aromatic ring is 1. The lowest BCUT2D eigenvalue weighted by atomic mass is 10.1. The molecular formula is C14H19N5O2. The van der Waals surface area contributed by atoms with Crippen LogP contribution in [0.3, 0.4) is 0 Å². The van der Waals surface area contributed by atoms with Crippen LogP contribution in [0.25, 0.3) is 11.0 Å². The maximum Gasteiger partial charge on any atom is 0.410 e. The van der Waals surface area contributed by atoms with E-state index in [4.69, 9.17) is 10.5 Å². The molecule has 0 aliphatic carbocycles. The normalized spacial score (nSPS) is 16.0. The van der Waals surface area contributed by atoms with Crippen LogP contribution in [0.4, 0.5) is 10.5 Å². The molecule has 0 unspecified atom stereocenters. The highest BCUT2D eigenvalue weighted by molar-refractivity contribution is 5.78. The minimum atomic E-state index is -0.476. The van der Waals surface area contributed by atoms with Crippen LogP contribution < -0.4 is 5.73 Å². The summed E-state index contributed by atoms with van der Waals surface area (Å²) in [5, 5.41) is 8.27. The molecule has 0 spiro atoms. The predicted molar refractivity (Wildman–Crippen MR) is 78.8 cm³/mol. The van der Waals surface area contributed by atoms with Crippen LogP contribution in [0.2, 0.25) is 0 Å². The summed E-state index contributed by atoms with van der Waals surface area (Å²) in [6.45, 7) is 6.71. The van der Waals surface area contributed by atoms with Crippen molar-refractivity contribution in [1.82, 2.24) is 19.9 Å². The van der Waals surface area contributed by atoms with E-state index in [1.54, 1.807) is 11.0 Å². The Labute approximate surface area is 122 Å². The highest BCUT2D eigenvalue weighted by atomic mass is 16.6.